The van der Waals surface area contributed by atoms with Gasteiger partial charge in [0.2, 0.25) is 5.95 Å². The van der Waals surface area contributed by atoms with Crippen molar-refractivity contribution < 1.29 is 9.21 Å². The van der Waals surface area contributed by atoms with Crippen LogP contribution in [0.5, 0.6) is 0 Å². The Bertz CT molecular complexity index is 711. The van der Waals surface area contributed by atoms with Crippen molar-refractivity contribution in [3.63, 3.8) is 0 Å². The molecule has 1 aliphatic rings. The maximum Gasteiger partial charge on any atom is 0.256 e. The van der Waals surface area contributed by atoms with Crippen molar-refractivity contribution >= 4 is 17.7 Å². The maximum atomic E-state index is 12.7. The molecule has 0 aromatic carbocycles. The van der Waals surface area contributed by atoms with Crippen LogP contribution in [0.2, 0.25) is 0 Å². The number of unbranched alkanes of at least 4 members (excludes halogenated alkanes) is 1. The second-order valence-electron chi connectivity index (χ2n) is 6.98. The predicted octanol–water partition coefficient (Wildman–Crippen LogP) is 3.96. The van der Waals surface area contributed by atoms with Gasteiger partial charge in [0.05, 0.1) is 12.8 Å². The zero-order chi connectivity index (χ0) is 18.9. The van der Waals surface area contributed by atoms with Crippen LogP contribution in [0.3, 0.4) is 0 Å². The molecule has 2 heterocycles. The van der Waals surface area contributed by atoms with E-state index in [1.807, 2.05) is 6.07 Å². The molecule has 7 heteroatoms. The molecule has 0 unspecified atom stereocenters. The van der Waals surface area contributed by atoms with Crippen LogP contribution in [0, 0.1) is 0 Å². The summed E-state index contributed by atoms with van der Waals surface area (Å²) in [4.78, 5) is 21.6. The summed E-state index contributed by atoms with van der Waals surface area (Å²) < 4.78 is 5.27. The molecule has 0 saturated heterocycles. The van der Waals surface area contributed by atoms with Crippen molar-refractivity contribution in [1.82, 2.24) is 15.3 Å². The van der Waals surface area contributed by atoms with E-state index in [0.717, 1.165) is 32.2 Å². The molecule has 1 saturated carbocycles. The molecule has 146 valence electrons. The van der Waals surface area contributed by atoms with E-state index in [2.05, 4.69) is 32.8 Å². The van der Waals surface area contributed by atoms with Crippen LogP contribution in [0.1, 0.15) is 68.0 Å². The van der Waals surface area contributed by atoms with Gasteiger partial charge < -0.3 is 20.4 Å². The van der Waals surface area contributed by atoms with Crippen LogP contribution in [0.25, 0.3) is 0 Å². The maximum absolute atomic E-state index is 12.7. The molecular formula is C20H29N5O2. The topological polar surface area (TPSA) is 92.1 Å². The Kier molecular flexibility index (Phi) is 7.07. The molecular weight excluding hydrogens is 342 g/mol. The third kappa shape index (κ3) is 5.70. The first-order valence-corrected chi connectivity index (χ1v) is 9.94. The summed E-state index contributed by atoms with van der Waals surface area (Å²) in [7, 11) is 0. The first-order valence-electron chi connectivity index (χ1n) is 9.94. The molecule has 0 atom stereocenters. The third-order valence-electron chi connectivity index (χ3n) is 4.80. The number of nitrogens with zero attached hydrogens (tertiary/aromatic N) is 2. The number of amides is 1. The fraction of sp³-hybridized carbons (Fsp3) is 0.550. The summed E-state index contributed by atoms with van der Waals surface area (Å²) in [6.45, 7) is 3.31. The molecule has 0 aliphatic heterocycles. The number of hydrogen-bond acceptors (Lipinski definition) is 6. The molecule has 2 aromatic heterocycles. The molecule has 0 radical (unpaired) electrons. The quantitative estimate of drug-likeness (QED) is 0.578. The van der Waals surface area contributed by atoms with Gasteiger partial charge in [-0.3, -0.25) is 4.79 Å². The molecule has 0 bridgehead atoms. The van der Waals surface area contributed by atoms with Crippen LogP contribution >= 0.6 is 0 Å². The smallest absolute Gasteiger partial charge is 0.256 e. The van der Waals surface area contributed by atoms with Crippen LogP contribution in [-0.4, -0.2) is 28.5 Å². The molecule has 2 aromatic rings. The van der Waals surface area contributed by atoms with Gasteiger partial charge in [0.15, 0.2) is 0 Å². The summed E-state index contributed by atoms with van der Waals surface area (Å²) in [5.74, 6) is 1.67. The van der Waals surface area contributed by atoms with Gasteiger partial charge in [0.25, 0.3) is 5.91 Å². The van der Waals surface area contributed by atoms with Gasteiger partial charge >= 0.3 is 0 Å². The summed E-state index contributed by atoms with van der Waals surface area (Å²) in [6, 6.07) is 3.99. The fourth-order valence-corrected chi connectivity index (χ4v) is 3.24. The minimum absolute atomic E-state index is 0.204. The van der Waals surface area contributed by atoms with E-state index in [4.69, 9.17) is 4.42 Å². The average Bonchev–Trinajstić information content (AvgIpc) is 3.21. The van der Waals surface area contributed by atoms with Gasteiger partial charge in [-0.25, -0.2) is 4.98 Å². The lowest BCUT2D eigenvalue weighted by Crippen LogP contribution is -2.28. The Labute approximate surface area is 160 Å². The second-order valence-corrected chi connectivity index (χ2v) is 6.98. The summed E-state index contributed by atoms with van der Waals surface area (Å²) in [5, 5.41) is 9.59. The van der Waals surface area contributed by atoms with Crippen molar-refractivity contribution in [2.24, 2.45) is 0 Å². The number of aromatic nitrogens is 2. The van der Waals surface area contributed by atoms with Gasteiger partial charge in [0.1, 0.15) is 17.1 Å². The monoisotopic (exact) mass is 371 g/mol. The zero-order valence-electron chi connectivity index (χ0n) is 16.0. The first-order chi connectivity index (χ1) is 13.3. The summed E-state index contributed by atoms with van der Waals surface area (Å²) in [5.41, 5.74) is 0.466. The van der Waals surface area contributed by atoms with E-state index in [1.165, 1.54) is 19.3 Å². The highest BCUT2D eigenvalue weighted by atomic mass is 16.3. The van der Waals surface area contributed by atoms with Crippen molar-refractivity contribution in [2.75, 3.05) is 17.2 Å². The van der Waals surface area contributed by atoms with Crippen LogP contribution in [-0.2, 0) is 6.54 Å². The molecule has 1 amide bonds. The minimum atomic E-state index is -0.204. The van der Waals surface area contributed by atoms with Gasteiger partial charge in [0, 0.05) is 18.8 Å². The molecule has 0 spiro atoms. The number of anilines is 2. The highest BCUT2D eigenvalue weighted by molar-refractivity contribution is 5.98. The van der Waals surface area contributed by atoms with E-state index < -0.39 is 0 Å². The third-order valence-corrected chi connectivity index (χ3v) is 4.80. The van der Waals surface area contributed by atoms with Gasteiger partial charge in [-0.15, -0.1) is 0 Å². The van der Waals surface area contributed by atoms with Crippen LogP contribution in [0.4, 0.5) is 11.8 Å². The molecule has 3 N–H and O–H groups in total. The van der Waals surface area contributed by atoms with E-state index in [-0.39, 0.29) is 5.91 Å². The fourth-order valence-electron chi connectivity index (χ4n) is 3.24. The van der Waals surface area contributed by atoms with Crippen molar-refractivity contribution in [3.8, 4) is 0 Å². The van der Waals surface area contributed by atoms with E-state index in [1.54, 1.807) is 18.5 Å². The number of furan rings is 1. The Morgan fingerprint density at radius 1 is 1.30 bits per heavy atom. The van der Waals surface area contributed by atoms with E-state index in [0.29, 0.717) is 35.7 Å². The molecule has 3 rings (SSSR count). The van der Waals surface area contributed by atoms with Crippen molar-refractivity contribution in [2.45, 2.75) is 64.5 Å². The van der Waals surface area contributed by atoms with Crippen LogP contribution in [0.15, 0.2) is 29.0 Å². The van der Waals surface area contributed by atoms with Gasteiger partial charge in [-0.05, 0) is 31.4 Å². The van der Waals surface area contributed by atoms with Crippen molar-refractivity contribution in [1.29, 1.82) is 0 Å². The minimum Gasteiger partial charge on any atom is -0.467 e. The summed E-state index contributed by atoms with van der Waals surface area (Å²) >= 11 is 0. The number of carbonyl (C=O) groups excluding carboxylic acids is 1. The molecule has 27 heavy (non-hydrogen) atoms. The SMILES string of the molecule is CCCCNc1ncc(C(=O)NCc2ccco2)c(NC2CCCCC2)n1. The zero-order valence-corrected chi connectivity index (χ0v) is 16.0. The van der Waals surface area contributed by atoms with Gasteiger partial charge in [-0.1, -0.05) is 32.6 Å². The highest BCUT2D eigenvalue weighted by Crippen LogP contribution is 2.23. The first kappa shape index (κ1) is 19.2. The standard InChI is InChI=1S/C20H29N5O2/c1-2-3-11-21-20-23-14-17(19(26)22-13-16-10-7-12-27-16)18(25-20)24-15-8-5-4-6-9-15/h7,10,12,14-15H,2-6,8-9,11,13H2,1H3,(H,22,26)(H2,21,23,24,25). The molecule has 7 nitrogen and oxygen atoms in total. The van der Waals surface area contributed by atoms with Crippen LogP contribution < -0.4 is 16.0 Å². The molecule has 1 aliphatic carbocycles. The Morgan fingerprint density at radius 2 is 2.15 bits per heavy atom. The molecule has 1 fully saturated rings. The lowest BCUT2D eigenvalue weighted by Gasteiger charge is -2.24. The van der Waals surface area contributed by atoms with Crippen molar-refractivity contribution in [3.05, 3.63) is 35.9 Å². The van der Waals surface area contributed by atoms with Gasteiger partial charge in [-0.2, -0.15) is 4.98 Å². The number of nitrogens with one attached hydrogen (secondary N) is 3. The highest BCUT2D eigenvalue weighted by Gasteiger charge is 2.19. The lowest BCUT2D eigenvalue weighted by molar-refractivity contribution is 0.0948. The number of hydrogen-bond donors (Lipinski definition) is 3. The Morgan fingerprint density at radius 3 is 2.89 bits per heavy atom. The summed E-state index contributed by atoms with van der Waals surface area (Å²) in [6.07, 6.45) is 11.3. The van der Waals surface area contributed by atoms with E-state index >= 15 is 0 Å². The normalized spacial score (nSPS) is 14.7. The average molecular weight is 371 g/mol. The second kappa shape index (κ2) is 9.94. The van der Waals surface area contributed by atoms with E-state index in [9.17, 15) is 4.79 Å². The predicted molar refractivity (Wildman–Crippen MR) is 106 cm³/mol. The Hall–Kier alpha value is -2.57. The number of rotatable bonds is 9. The Balaban J connectivity index is 1.71. The lowest BCUT2D eigenvalue weighted by atomic mass is 9.95. The number of carbonyl (C=O) groups is 1. The largest absolute Gasteiger partial charge is 0.467 e.